The Morgan fingerprint density at radius 1 is 1.29 bits per heavy atom. The fourth-order valence-electron chi connectivity index (χ4n) is 2.92. The lowest BCUT2D eigenvalue weighted by atomic mass is 9.92. The standard InChI is InChI=1S/C18H22N2O/c1-14-5-2-8-16(13-14)21-12-11-19-17-9-3-6-15-7-4-10-20-18(15)17/h2,4-5,7-8,10,13,17,19H,3,6,9,11-12H2,1H3. The molecule has 0 fully saturated rings. The van der Waals surface area contributed by atoms with Gasteiger partial charge in [0.25, 0.3) is 0 Å². The summed E-state index contributed by atoms with van der Waals surface area (Å²) in [6, 6.07) is 12.8. The Hall–Kier alpha value is -1.87. The average Bonchev–Trinajstić information content (AvgIpc) is 2.52. The summed E-state index contributed by atoms with van der Waals surface area (Å²) in [6.45, 7) is 3.60. The van der Waals surface area contributed by atoms with E-state index in [1.807, 2.05) is 24.4 Å². The first-order valence-electron chi connectivity index (χ1n) is 7.69. The summed E-state index contributed by atoms with van der Waals surface area (Å²) < 4.78 is 5.78. The van der Waals surface area contributed by atoms with Crippen molar-refractivity contribution in [3.8, 4) is 5.75 Å². The van der Waals surface area contributed by atoms with Gasteiger partial charge in [-0.2, -0.15) is 0 Å². The third-order valence-corrected chi connectivity index (χ3v) is 3.95. The van der Waals surface area contributed by atoms with Crippen LogP contribution in [-0.2, 0) is 6.42 Å². The molecule has 1 heterocycles. The Bertz CT molecular complexity index is 597. The smallest absolute Gasteiger partial charge is 0.119 e. The molecular formula is C18H22N2O. The molecule has 0 saturated carbocycles. The highest BCUT2D eigenvalue weighted by molar-refractivity contribution is 5.27. The van der Waals surface area contributed by atoms with Crippen LogP contribution in [0.1, 0.15) is 35.7 Å². The second-order valence-corrected chi connectivity index (χ2v) is 5.61. The third kappa shape index (κ3) is 3.61. The molecule has 110 valence electrons. The van der Waals surface area contributed by atoms with Gasteiger partial charge in [0.15, 0.2) is 0 Å². The van der Waals surface area contributed by atoms with Crippen molar-refractivity contribution in [1.29, 1.82) is 0 Å². The van der Waals surface area contributed by atoms with Gasteiger partial charge < -0.3 is 10.1 Å². The van der Waals surface area contributed by atoms with Gasteiger partial charge in [-0.25, -0.2) is 0 Å². The summed E-state index contributed by atoms with van der Waals surface area (Å²) in [4.78, 5) is 4.55. The van der Waals surface area contributed by atoms with Crippen molar-refractivity contribution in [2.45, 2.75) is 32.2 Å². The van der Waals surface area contributed by atoms with Crippen molar-refractivity contribution < 1.29 is 4.74 Å². The first kappa shape index (κ1) is 14.1. The normalized spacial score (nSPS) is 17.3. The molecule has 3 rings (SSSR count). The van der Waals surface area contributed by atoms with Gasteiger partial charge in [0.1, 0.15) is 12.4 Å². The topological polar surface area (TPSA) is 34.1 Å². The minimum absolute atomic E-state index is 0.371. The number of rotatable bonds is 5. The highest BCUT2D eigenvalue weighted by atomic mass is 16.5. The summed E-state index contributed by atoms with van der Waals surface area (Å²) in [5.74, 6) is 0.943. The van der Waals surface area contributed by atoms with Crippen LogP contribution >= 0.6 is 0 Å². The summed E-state index contributed by atoms with van der Waals surface area (Å²) in [7, 11) is 0. The number of nitrogens with one attached hydrogen (secondary N) is 1. The molecule has 1 aliphatic rings. The zero-order chi connectivity index (χ0) is 14.5. The maximum atomic E-state index is 5.78. The number of aryl methyl sites for hydroxylation is 2. The highest BCUT2D eigenvalue weighted by Gasteiger charge is 2.20. The monoisotopic (exact) mass is 282 g/mol. The Labute approximate surface area is 126 Å². The van der Waals surface area contributed by atoms with Crippen LogP contribution in [0.4, 0.5) is 0 Å². The molecule has 1 unspecified atom stereocenters. The number of ether oxygens (including phenoxy) is 1. The van der Waals surface area contributed by atoms with E-state index in [2.05, 4.69) is 35.4 Å². The fraction of sp³-hybridized carbons (Fsp3) is 0.389. The van der Waals surface area contributed by atoms with Crippen LogP contribution in [0, 0.1) is 6.92 Å². The number of hydrogen-bond acceptors (Lipinski definition) is 3. The molecule has 1 atom stereocenters. The van der Waals surface area contributed by atoms with Crippen molar-refractivity contribution in [2.75, 3.05) is 13.2 Å². The fourth-order valence-corrected chi connectivity index (χ4v) is 2.92. The maximum Gasteiger partial charge on any atom is 0.119 e. The maximum absolute atomic E-state index is 5.78. The minimum atomic E-state index is 0.371. The zero-order valence-corrected chi connectivity index (χ0v) is 12.5. The summed E-state index contributed by atoms with van der Waals surface area (Å²) in [5, 5.41) is 3.58. The molecule has 1 aromatic carbocycles. The van der Waals surface area contributed by atoms with E-state index in [-0.39, 0.29) is 0 Å². The number of aromatic nitrogens is 1. The van der Waals surface area contributed by atoms with Gasteiger partial charge in [-0.3, -0.25) is 4.98 Å². The number of nitrogens with zero attached hydrogens (tertiary/aromatic N) is 1. The quantitative estimate of drug-likeness (QED) is 0.853. The van der Waals surface area contributed by atoms with Gasteiger partial charge in [0, 0.05) is 18.8 Å². The average molecular weight is 282 g/mol. The highest BCUT2D eigenvalue weighted by Crippen LogP contribution is 2.27. The predicted molar refractivity (Wildman–Crippen MR) is 84.6 cm³/mol. The molecule has 0 aliphatic heterocycles. The number of hydrogen-bond donors (Lipinski definition) is 1. The molecule has 1 aromatic heterocycles. The SMILES string of the molecule is Cc1cccc(OCCNC2CCCc3cccnc32)c1. The van der Waals surface area contributed by atoms with Crippen LogP contribution < -0.4 is 10.1 Å². The van der Waals surface area contributed by atoms with E-state index >= 15 is 0 Å². The number of benzene rings is 1. The molecule has 0 amide bonds. The van der Waals surface area contributed by atoms with E-state index in [9.17, 15) is 0 Å². The summed E-state index contributed by atoms with van der Waals surface area (Å²) >= 11 is 0. The van der Waals surface area contributed by atoms with Crippen molar-refractivity contribution in [3.63, 3.8) is 0 Å². The van der Waals surface area contributed by atoms with Gasteiger partial charge in [0.2, 0.25) is 0 Å². The molecule has 3 heteroatoms. The molecule has 1 aliphatic carbocycles. The lowest BCUT2D eigenvalue weighted by Gasteiger charge is -2.25. The van der Waals surface area contributed by atoms with E-state index in [4.69, 9.17) is 4.74 Å². The van der Waals surface area contributed by atoms with E-state index in [0.29, 0.717) is 12.6 Å². The van der Waals surface area contributed by atoms with E-state index in [1.165, 1.54) is 23.2 Å². The van der Waals surface area contributed by atoms with Gasteiger partial charge >= 0.3 is 0 Å². The van der Waals surface area contributed by atoms with Crippen LogP contribution in [0.5, 0.6) is 5.75 Å². The van der Waals surface area contributed by atoms with Crippen molar-refractivity contribution in [2.24, 2.45) is 0 Å². The van der Waals surface area contributed by atoms with Crippen LogP contribution in [0.3, 0.4) is 0 Å². The van der Waals surface area contributed by atoms with E-state index in [1.54, 1.807) is 0 Å². The van der Waals surface area contributed by atoms with Crippen LogP contribution in [0.25, 0.3) is 0 Å². The zero-order valence-electron chi connectivity index (χ0n) is 12.5. The molecule has 0 saturated heterocycles. The third-order valence-electron chi connectivity index (χ3n) is 3.95. The lowest BCUT2D eigenvalue weighted by molar-refractivity contribution is 0.299. The van der Waals surface area contributed by atoms with Gasteiger partial charge in [-0.05, 0) is 55.5 Å². The second kappa shape index (κ2) is 6.72. The number of fused-ring (bicyclic) bond motifs is 1. The Balaban J connectivity index is 1.50. The minimum Gasteiger partial charge on any atom is -0.492 e. The van der Waals surface area contributed by atoms with Crippen molar-refractivity contribution >= 4 is 0 Å². The molecule has 2 aromatic rings. The van der Waals surface area contributed by atoms with Crippen molar-refractivity contribution in [3.05, 3.63) is 59.4 Å². The molecule has 0 radical (unpaired) electrons. The molecule has 1 N–H and O–H groups in total. The molecule has 0 bridgehead atoms. The second-order valence-electron chi connectivity index (χ2n) is 5.61. The predicted octanol–water partition coefficient (Wildman–Crippen LogP) is 3.44. The summed E-state index contributed by atoms with van der Waals surface area (Å²) in [5.41, 5.74) is 3.84. The molecular weight excluding hydrogens is 260 g/mol. The van der Waals surface area contributed by atoms with Crippen LogP contribution in [0.2, 0.25) is 0 Å². The van der Waals surface area contributed by atoms with Gasteiger partial charge in [0.05, 0.1) is 5.69 Å². The first-order chi connectivity index (χ1) is 10.3. The molecule has 21 heavy (non-hydrogen) atoms. The van der Waals surface area contributed by atoms with Crippen LogP contribution in [0.15, 0.2) is 42.6 Å². The number of pyridine rings is 1. The van der Waals surface area contributed by atoms with Gasteiger partial charge in [-0.15, -0.1) is 0 Å². The lowest BCUT2D eigenvalue weighted by Crippen LogP contribution is -2.29. The molecule has 0 spiro atoms. The first-order valence-corrected chi connectivity index (χ1v) is 7.69. The Morgan fingerprint density at radius 2 is 2.24 bits per heavy atom. The van der Waals surface area contributed by atoms with E-state index < -0.39 is 0 Å². The molecule has 3 nitrogen and oxygen atoms in total. The van der Waals surface area contributed by atoms with E-state index in [0.717, 1.165) is 25.1 Å². The largest absolute Gasteiger partial charge is 0.492 e. The Morgan fingerprint density at radius 3 is 3.14 bits per heavy atom. The Kier molecular flexibility index (Phi) is 4.51. The van der Waals surface area contributed by atoms with Crippen LogP contribution in [-0.4, -0.2) is 18.1 Å². The van der Waals surface area contributed by atoms with Crippen molar-refractivity contribution in [1.82, 2.24) is 10.3 Å². The summed E-state index contributed by atoms with van der Waals surface area (Å²) in [6.07, 6.45) is 5.44. The van der Waals surface area contributed by atoms with Gasteiger partial charge in [-0.1, -0.05) is 18.2 Å².